The number of aromatic nitrogens is 1. The highest BCUT2D eigenvalue weighted by Gasteiger charge is 2.20. The normalized spacial score (nSPS) is 10.5. The lowest BCUT2D eigenvalue weighted by molar-refractivity contribution is 0.0528. The molecule has 0 aliphatic carbocycles. The largest absolute Gasteiger partial charge is 0.462 e. The van der Waals surface area contributed by atoms with E-state index in [1.54, 1.807) is 19.9 Å². The average molecular weight is 324 g/mol. The van der Waals surface area contributed by atoms with Crippen molar-refractivity contribution in [1.29, 1.82) is 0 Å². The number of hydrogen-bond acceptors (Lipinski definition) is 6. The third-order valence-electron chi connectivity index (χ3n) is 2.69. The molecule has 0 fully saturated rings. The van der Waals surface area contributed by atoms with Crippen LogP contribution in [0.2, 0.25) is 0 Å². The van der Waals surface area contributed by atoms with E-state index in [4.69, 9.17) is 4.74 Å². The predicted molar refractivity (Wildman–Crippen MR) is 84.6 cm³/mol. The van der Waals surface area contributed by atoms with Crippen LogP contribution in [0.25, 0.3) is 0 Å². The zero-order valence-electron chi connectivity index (χ0n) is 12.3. The van der Waals surface area contributed by atoms with Crippen molar-refractivity contribution in [2.45, 2.75) is 27.7 Å². The summed E-state index contributed by atoms with van der Waals surface area (Å²) in [5.41, 5.74) is 1.09. The number of aryl methyl sites for hydroxylation is 3. The van der Waals surface area contributed by atoms with E-state index in [0.717, 1.165) is 9.88 Å². The summed E-state index contributed by atoms with van der Waals surface area (Å²) >= 11 is 2.69. The van der Waals surface area contributed by atoms with Gasteiger partial charge in [-0.1, -0.05) is 0 Å². The summed E-state index contributed by atoms with van der Waals surface area (Å²) in [5, 5.41) is 4.14. The minimum Gasteiger partial charge on any atom is -0.462 e. The Morgan fingerprint density at radius 3 is 2.57 bits per heavy atom. The molecule has 0 aromatic carbocycles. The van der Waals surface area contributed by atoms with Gasteiger partial charge in [0.25, 0.3) is 5.91 Å². The van der Waals surface area contributed by atoms with Gasteiger partial charge in [-0.3, -0.25) is 4.79 Å². The molecule has 112 valence electrons. The fourth-order valence-corrected chi connectivity index (χ4v) is 3.58. The van der Waals surface area contributed by atoms with Crippen molar-refractivity contribution in [2.75, 3.05) is 11.9 Å². The molecule has 0 unspecified atom stereocenters. The van der Waals surface area contributed by atoms with Gasteiger partial charge in [-0.15, -0.1) is 22.7 Å². The van der Waals surface area contributed by atoms with Crippen molar-refractivity contribution >= 4 is 39.6 Å². The van der Waals surface area contributed by atoms with Crippen molar-refractivity contribution in [1.82, 2.24) is 4.98 Å². The molecule has 2 aromatic heterocycles. The van der Waals surface area contributed by atoms with E-state index >= 15 is 0 Å². The van der Waals surface area contributed by atoms with Crippen LogP contribution in [0.4, 0.5) is 5.00 Å². The van der Waals surface area contributed by atoms with Crippen LogP contribution in [-0.4, -0.2) is 23.5 Å². The van der Waals surface area contributed by atoms with Crippen LogP contribution in [0.1, 0.15) is 42.5 Å². The molecule has 7 heteroatoms. The van der Waals surface area contributed by atoms with E-state index in [-0.39, 0.29) is 5.91 Å². The first kappa shape index (κ1) is 15.7. The second kappa shape index (κ2) is 6.36. The first-order valence-corrected chi connectivity index (χ1v) is 8.08. The van der Waals surface area contributed by atoms with E-state index in [2.05, 4.69) is 10.3 Å². The van der Waals surface area contributed by atoms with Gasteiger partial charge < -0.3 is 10.1 Å². The number of nitrogens with zero attached hydrogens (tertiary/aromatic N) is 1. The summed E-state index contributed by atoms with van der Waals surface area (Å²) in [7, 11) is 0. The van der Waals surface area contributed by atoms with Gasteiger partial charge in [-0.25, -0.2) is 9.78 Å². The highest BCUT2D eigenvalue weighted by atomic mass is 32.1. The van der Waals surface area contributed by atoms with E-state index in [9.17, 15) is 9.59 Å². The van der Waals surface area contributed by atoms with Gasteiger partial charge in [0.2, 0.25) is 0 Å². The molecular formula is C14H16N2O3S2. The minimum atomic E-state index is -0.422. The Balaban J connectivity index is 2.25. The molecule has 0 saturated heterocycles. The van der Waals surface area contributed by atoms with Gasteiger partial charge in [0.1, 0.15) is 9.88 Å². The summed E-state index contributed by atoms with van der Waals surface area (Å²) in [6.07, 6.45) is 0. The van der Waals surface area contributed by atoms with Crippen molar-refractivity contribution in [2.24, 2.45) is 0 Å². The second-order valence-electron chi connectivity index (χ2n) is 4.42. The zero-order chi connectivity index (χ0) is 15.6. The molecule has 2 aromatic rings. The van der Waals surface area contributed by atoms with Crippen LogP contribution >= 0.6 is 22.7 Å². The van der Waals surface area contributed by atoms with Crippen LogP contribution in [0, 0.1) is 20.8 Å². The van der Waals surface area contributed by atoms with Gasteiger partial charge in [-0.2, -0.15) is 0 Å². The SMILES string of the molecule is CCOC(=O)c1cc(C)sc1NC(=O)c1sc(C)nc1C. The summed E-state index contributed by atoms with van der Waals surface area (Å²) in [6.45, 7) is 7.58. The van der Waals surface area contributed by atoms with Crippen LogP contribution in [-0.2, 0) is 4.74 Å². The number of ether oxygens (including phenoxy) is 1. The quantitative estimate of drug-likeness (QED) is 0.873. The number of anilines is 1. The number of nitrogens with one attached hydrogen (secondary N) is 1. The Morgan fingerprint density at radius 1 is 1.29 bits per heavy atom. The number of amides is 1. The molecule has 0 saturated carbocycles. The van der Waals surface area contributed by atoms with Gasteiger partial charge in [0.05, 0.1) is 22.9 Å². The molecule has 5 nitrogen and oxygen atoms in total. The Bertz CT molecular complexity index is 688. The standard InChI is InChI=1S/C14H16N2O3S2/c1-5-19-14(18)10-6-7(2)20-13(10)16-12(17)11-8(3)15-9(4)21-11/h6H,5H2,1-4H3,(H,16,17). The molecule has 0 aliphatic rings. The predicted octanol–water partition coefficient (Wildman–Crippen LogP) is 3.56. The highest BCUT2D eigenvalue weighted by Crippen LogP contribution is 2.29. The molecule has 2 heterocycles. The number of carbonyl (C=O) groups excluding carboxylic acids is 2. The lowest BCUT2D eigenvalue weighted by Crippen LogP contribution is -2.14. The van der Waals surface area contributed by atoms with Crippen molar-refractivity contribution < 1.29 is 14.3 Å². The summed E-state index contributed by atoms with van der Waals surface area (Å²) in [4.78, 5) is 29.9. The van der Waals surface area contributed by atoms with Crippen LogP contribution in [0.5, 0.6) is 0 Å². The monoisotopic (exact) mass is 324 g/mol. The number of hydrogen-bond donors (Lipinski definition) is 1. The number of thiophene rings is 1. The fourth-order valence-electron chi connectivity index (χ4n) is 1.87. The van der Waals surface area contributed by atoms with Crippen LogP contribution in [0.15, 0.2) is 6.07 Å². The van der Waals surface area contributed by atoms with E-state index < -0.39 is 5.97 Å². The number of carbonyl (C=O) groups is 2. The first-order chi connectivity index (χ1) is 9.92. The number of thiazole rings is 1. The minimum absolute atomic E-state index is 0.245. The Labute approximate surface area is 131 Å². The molecule has 21 heavy (non-hydrogen) atoms. The third-order valence-corrected chi connectivity index (χ3v) is 4.72. The van der Waals surface area contributed by atoms with Crippen LogP contribution in [0.3, 0.4) is 0 Å². The molecule has 1 N–H and O–H groups in total. The summed E-state index contributed by atoms with van der Waals surface area (Å²) in [5.74, 6) is -0.667. The summed E-state index contributed by atoms with van der Waals surface area (Å²) < 4.78 is 5.00. The number of rotatable bonds is 4. The van der Waals surface area contributed by atoms with Gasteiger partial charge >= 0.3 is 5.97 Å². The Morgan fingerprint density at radius 2 is 2.00 bits per heavy atom. The van der Waals surface area contributed by atoms with Gasteiger partial charge in [-0.05, 0) is 33.8 Å². The first-order valence-electron chi connectivity index (χ1n) is 6.45. The Kier molecular flexibility index (Phi) is 4.74. The maximum absolute atomic E-state index is 12.3. The smallest absolute Gasteiger partial charge is 0.341 e. The molecular weight excluding hydrogens is 308 g/mol. The third kappa shape index (κ3) is 3.48. The molecule has 1 amide bonds. The summed E-state index contributed by atoms with van der Waals surface area (Å²) in [6, 6.07) is 1.73. The maximum atomic E-state index is 12.3. The molecule has 0 atom stereocenters. The molecule has 0 radical (unpaired) electrons. The molecule has 0 spiro atoms. The second-order valence-corrected chi connectivity index (χ2v) is 6.88. The van der Waals surface area contributed by atoms with Gasteiger partial charge in [0, 0.05) is 4.88 Å². The molecule has 2 rings (SSSR count). The average Bonchev–Trinajstić information content (AvgIpc) is 2.92. The molecule has 0 bridgehead atoms. The van der Waals surface area contributed by atoms with E-state index in [1.807, 2.05) is 13.8 Å². The van der Waals surface area contributed by atoms with Crippen molar-refractivity contribution in [3.63, 3.8) is 0 Å². The van der Waals surface area contributed by atoms with E-state index in [0.29, 0.717) is 27.7 Å². The Hall–Kier alpha value is -1.73. The molecule has 0 aliphatic heterocycles. The van der Waals surface area contributed by atoms with E-state index in [1.165, 1.54) is 22.7 Å². The topological polar surface area (TPSA) is 68.3 Å². The lowest BCUT2D eigenvalue weighted by Gasteiger charge is -2.05. The highest BCUT2D eigenvalue weighted by molar-refractivity contribution is 7.17. The van der Waals surface area contributed by atoms with Crippen LogP contribution < -0.4 is 5.32 Å². The number of esters is 1. The van der Waals surface area contributed by atoms with Gasteiger partial charge in [0.15, 0.2) is 0 Å². The zero-order valence-corrected chi connectivity index (χ0v) is 13.9. The maximum Gasteiger partial charge on any atom is 0.341 e. The van der Waals surface area contributed by atoms with Crippen molar-refractivity contribution in [3.05, 3.63) is 32.1 Å². The fraction of sp³-hybridized carbons (Fsp3) is 0.357. The van der Waals surface area contributed by atoms with Crippen molar-refractivity contribution in [3.8, 4) is 0 Å². The lowest BCUT2D eigenvalue weighted by atomic mass is 10.3.